The van der Waals surface area contributed by atoms with Crippen LogP contribution in [-0.4, -0.2) is 16.1 Å². The zero-order chi connectivity index (χ0) is 11.8. The van der Waals surface area contributed by atoms with Gasteiger partial charge in [-0.3, -0.25) is 4.79 Å². The normalized spacial score (nSPS) is 13.7. The topological polar surface area (TPSA) is 44.1 Å². The smallest absolute Gasteiger partial charge is 0.168 e. The van der Waals surface area contributed by atoms with Crippen molar-refractivity contribution in [3.8, 4) is 5.69 Å². The lowest BCUT2D eigenvalue weighted by Crippen LogP contribution is -2.04. The molecule has 4 nitrogen and oxygen atoms in total. The minimum absolute atomic E-state index is 0.355. The highest BCUT2D eigenvalue weighted by atomic mass is 19.1. The van der Waals surface area contributed by atoms with E-state index in [4.69, 9.17) is 4.74 Å². The molecule has 0 amide bonds. The third-order valence-electron chi connectivity index (χ3n) is 2.76. The van der Waals surface area contributed by atoms with Crippen LogP contribution in [0.1, 0.15) is 21.7 Å². The molecule has 0 saturated heterocycles. The minimum atomic E-state index is -0.355. The molecule has 0 unspecified atom stereocenters. The summed E-state index contributed by atoms with van der Waals surface area (Å²) < 4.78 is 19.8. The molecule has 17 heavy (non-hydrogen) atoms. The standard InChI is InChI=1S/C12H9FN2O2/c13-8-2-1-3-9(4-8)15-12(5-16)10-6-17-7-11(10)14-15/h1-5H,6-7H2. The molecule has 2 heterocycles. The highest BCUT2D eigenvalue weighted by Crippen LogP contribution is 2.24. The van der Waals surface area contributed by atoms with E-state index in [2.05, 4.69) is 5.10 Å². The predicted octanol–water partition coefficient (Wildman–Crippen LogP) is 1.85. The largest absolute Gasteiger partial charge is 0.370 e. The lowest BCUT2D eigenvalue weighted by Gasteiger charge is -2.04. The van der Waals surface area contributed by atoms with Crippen LogP contribution in [0.5, 0.6) is 0 Å². The van der Waals surface area contributed by atoms with Gasteiger partial charge in [-0.25, -0.2) is 9.07 Å². The molecule has 0 radical (unpaired) electrons. The molecule has 3 rings (SSSR count). The molecule has 2 aromatic rings. The maximum atomic E-state index is 13.1. The molecular formula is C12H9FN2O2. The van der Waals surface area contributed by atoms with Gasteiger partial charge in [0.15, 0.2) is 6.29 Å². The number of hydrogen-bond donors (Lipinski definition) is 0. The number of rotatable bonds is 2. The summed E-state index contributed by atoms with van der Waals surface area (Å²) in [5, 5.41) is 4.27. The monoisotopic (exact) mass is 232 g/mol. The molecular weight excluding hydrogens is 223 g/mol. The van der Waals surface area contributed by atoms with Crippen molar-refractivity contribution in [2.75, 3.05) is 0 Å². The minimum Gasteiger partial charge on any atom is -0.370 e. The first kappa shape index (κ1) is 10.2. The van der Waals surface area contributed by atoms with E-state index < -0.39 is 0 Å². The molecule has 86 valence electrons. The predicted molar refractivity (Wildman–Crippen MR) is 57.4 cm³/mol. The molecule has 0 aliphatic carbocycles. The Labute approximate surface area is 96.6 Å². The second-order valence-electron chi connectivity index (χ2n) is 3.81. The fraction of sp³-hybridized carbons (Fsp3) is 0.167. The zero-order valence-corrected chi connectivity index (χ0v) is 8.89. The zero-order valence-electron chi connectivity index (χ0n) is 8.89. The van der Waals surface area contributed by atoms with Crippen LogP contribution in [-0.2, 0) is 18.0 Å². The van der Waals surface area contributed by atoms with Crippen LogP contribution in [0.4, 0.5) is 4.39 Å². The lowest BCUT2D eigenvalue weighted by atomic mass is 10.2. The maximum Gasteiger partial charge on any atom is 0.168 e. The van der Waals surface area contributed by atoms with Gasteiger partial charge < -0.3 is 4.74 Å². The maximum absolute atomic E-state index is 13.1. The number of ether oxygens (including phenoxy) is 1. The quantitative estimate of drug-likeness (QED) is 0.742. The van der Waals surface area contributed by atoms with Crippen LogP contribution in [0.2, 0.25) is 0 Å². The van der Waals surface area contributed by atoms with Crippen LogP contribution in [0, 0.1) is 5.82 Å². The van der Waals surface area contributed by atoms with Gasteiger partial charge in [-0.1, -0.05) is 6.07 Å². The summed E-state index contributed by atoms with van der Waals surface area (Å²) in [6, 6.07) is 5.99. The van der Waals surface area contributed by atoms with Crippen molar-refractivity contribution in [3.05, 3.63) is 47.0 Å². The van der Waals surface area contributed by atoms with Crippen LogP contribution in [0.3, 0.4) is 0 Å². The molecule has 0 fully saturated rings. The third kappa shape index (κ3) is 1.55. The summed E-state index contributed by atoms with van der Waals surface area (Å²) in [5.41, 5.74) is 2.52. The van der Waals surface area contributed by atoms with E-state index >= 15 is 0 Å². The Hall–Kier alpha value is -2.01. The van der Waals surface area contributed by atoms with Crippen molar-refractivity contribution < 1.29 is 13.9 Å². The van der Waals surface area contributed by atoms with E-state index in [0.29, 0.717) is 24.6 Å². The number of halogens is 1. The molecule has 5 heteroatoms. The summed E-state index contributed by atoms with van der Waals surface area (Å²) in [4.78, 5) is 11.1. The average molecular weight is 232 g/mol. The van der Waals surface area contributed by atoms with Crippen molar-refractivity contribution >= 4 is 6.29 Å². The van der Waals surface area contributed by atoms with Gasteiger partial charge in [-0.2, -0.15) is 5.10 Å². The van der Waals surface area contributed by atoms with Crippen LogP contribution >= 0.6 is 0 Å². The van der Waals surface area contributed by atoms with E-state index in [9.17, 15) is 9.18 Å². The van der Waals surface area contributed by atoms with Gasteiger partial charge in [0.05, 0.1) is 24.6 Å². The molecule has 1 aromatic carbocycles. The third-order valence-corrected chi connectivity index (χ3v) is 2.76. The number of aldehydes is 1. The molecule has 0 saturated carbocycles. The van der Waals surface area contributed by atoms with E-state index in [-0.39, 0.29) is 5.82 Å². The molecule has 0 bridgehead atoms. The average Bonchev–Trinajstić information content (AvgIpc) is 2.88. The first-order valence-corrected chi connectivity index (χ1v) is 5.19. The first-order chi connectivity index (χ1) is 8.29. The second kappa shape index (κ2) is 3.78. The second-order valence-corrected chi connectivity index (χ2v) is 3.81. The Bertz CT molecular complexity index is 592. The van der Waals surface area contributed by atoms with Gasteiger partial charge in [0.2, 0.25) is 0 Å². The Morgan fingerprint density at radius 2 is 2.29 bits per heavy atom. The van der Waals surface area contributed by atoms with Crippen molar-refractivity contribution in [1.29, 1.82) is 0 Å². The fourth-order valence-electron chi connectivity index (χ4n) is 1.96. The van der Waals surface area contributed by atoms with E-state index in [1.165, 1.54) is 16.8 Å². The highest BCUT2D eigenvalue weighted by molar-refractivity contribution is 5.76. The number of hydrogen-bond acceptors (Lipinski definition) is 3. The Morgan fingerprint density at radius 3 is 3.06 bits per heavy atom. The van der Waals surface area contributed by atoms with Gasteiger partial charge in [0.25, 0.3) is 0 Å². The van der Waals surface area contributed by atoms with E-state index in [1.54, 1.807) is 12.1 Å². The van der Waals surface area contributed by atoms with Crippen LogP contribution in [0.25, 0.3) is 5.69 Å². The number of carbonyl (C=O) groups excluding carboxylic acids is 1. The van der Waals surface area contributed by atoms with E-state index in [1.807, 2.05) is 0 Å². The molecule has 1 aliphatic rings. The van der Waals surface area contributed by atoms with Gasteiger partial charge in [-0.05, 0) is 18.2 Å². The first-order valence-electron chi connectivity index (χ1n) is 5.19. The van der Waals surface area contributed by atoms with Crippen molar-refractivity contribution in [3.63, 3.8) is 0 Å². The van der Waals surface area contributed by atoms with Gasteiger partial charge in [0.1, 0.15) is 11.5 Å². The molecule has 1 aliphatic heterocycles. The molecule has 0 atom stereocenters. The number of carbonyl (C=O) groups is 1. The van der Waals surface area contributed by atoms with Crippen LogP contribution in [0.15, 0.2) is 24.3 Å². The SMILES string of the molecule is O=Cc1c2c(nn1-c1cccc(F)c1)COC2. The molecule has 0 spiro atoms. The Morgan fingerprint density at radius 1 is 1.41 bits per heavy atom. The van der Waals surface area contributed by atoms with Crippen LogP contribution < -0.4 is 0 Å². The highest BCUT2D eigenvalue weighted by Gasteiger charge is 2.23. The van der Waals surface area contributed by atoms with Crippen molar-refractivity contribution in [2.24, 2.45) is 0 Å². The van der Waals surface area contributed by atoms with Crippen molar-refractivity contribution in [2.45, 2.75) is 13.2 Å². The summed E-state index contributed by atoms with van der Waals surface area (Å²) >= 11 is 0. The van der Waals surface area contributed by atoms with Gasteiger partial charge in [0, 0.05) is 5.56 Å². The number of benzene rings is 1. The summed E-state index contributed by atoms with van der Waals surface area (Å²) in [5.74, 6) is -0.355. The van der Waals surface area contributed by atoms with Gasteiger partial charge >= 0.3 is 0 Å². The summed E-state index contributed by atoms with van der Waals surface area (Å²) in [6.45, 7) is 0.789. The number of nitrogens with zero attached hydrogens (tertiary/aromatic N) is 2. The lowest BCUT2D eigenvalue weighted by molar-refractivity contribution is 0.110. The van der Waals surface area contributed by atoms with Gasteiger partial charge in [-0.15, -0.1) is 0 Å². The van der Waals surface area contributed by atoms with Crippen molar-refractivity contribution in [1.82, 2.24) is 9.78 Å². The Kier molecular flexibility index (Phi) is 2.26. The summed E-state index contributed by atoms with van der Waals surface area (Å²) in [7, 11) is 0. The molecule has 1 aromatic heterocycles. The fourth-order valence-corrected chi connectivity index (χ4v) is 1.96. The number of aromatic nitrogens is 2. The Balaban J connectivity index is 2.18. The van der Waals surface area contributed by atoms with E-state index in [0.717, 1.165) is 17.5 Å². The number of fused-ring (bicyclic) bond motifs is 1. The summed E-state index contributed by atoms with van der Waals surface area (Å²) in [6.07, 6.45) is 0.728. The molecule has 0 N–H and O–H groups in total.